The van der Waals surface area contributed by atoms with Crippen LogP contribution in [0.15, 0.2) is 106 Å². The molecule has 2 aliphatic rings. The summed E-state index contributed by atoms with van der Waals surface area (Å²) in [5.74, 6) is 4.88. The summed E-state index contributed by atoms with van der Waals surface area (Å²) in [6, 6.07) is 37.0. The van der Waals surface area contributed by atoms with E-state index < -0.39 is 20.4 Å². The van der Waals surface area contributed by atoms with Gasteiger partial charge < -0.3 is 0 Å². The van der Waals surface area contributed by atoms with Crippen LogP contribution >= 0.6 is 17.0 Å². The Morgan fingerprint density at radius 1 is 0.468 bits per heavy atom. The number of allylic oxidation sites excluding steroid dienone is 2. The van der Waals surface area contributed by atoms with Gasteiger partial charge >= 0.3 is 383 Å². The van der Waals surface area contributed by atoms with E-state index >= 15 is 0 Å². The van der Waals surface area contributed by atoms with Gasteiger partial charge in [0, 0.05) is 0 Å². The SMILES string of the molecule is Cc1ccc2c(c1)C(c1cc(C(C)C)cc(C(C)C)c1)=C(c1ccc(C)o1)[CH]2[Zr]([Cl])([Cl])([CH]1C(c2ccc(C)o2)=C(c2cc(C(C)C)cc(C(C)C)c2)c2cc(C)ccc21)=[Si](C)C. The molecule has 0 fully saturated rings. The predicted octanol–water partition coefficient (Wildman–Crippen LogP) is 17.6. The Kier molecular flexibility index (Phi) is 12.1. The maximum absolute atomic E-state index is 9.28. The van der Waals surface area contributed by atoms with Gasteiger partial charge in [-0.1, -0.05) is 0 Å². The summed E-state index contributed by atoms with van der Waals surface area (Å²) in [5, 5.41) is 0. The maximum atomic E-state index is 9.28. The van der Waals surface area contributed by atoms with E-state index in [0.717, 1.165) is 34.2 Å². The van der Waals surface area contributed by atoms with Crippen molar-refractivity contribution in [3.8, 4) is 0 Å². The molecule has 0 N–H and O–H groups in total. The van der Waals surface area contributed by atoms with Crippen LogP contribution in [0.25, 0.3) is 22.3 Å². The number of aryl methyl sites for hydroxylation is 4. The number of rotatable bonds is 10. The zero-order chi connectivity index (χ0) is 44.8. The van der Waals surface area contributed by atoms with E-state index in [1.807, 2.05) is 13.8 Å². The van der Waals surface area contributed by atoms with Gasteiger partial charge in [0.2, 0.25) is 0 Å². The molecule has 4 aromatic carbocycles. The van der Waals surface area contributed by atoms with E-state index in [1.54, 1.807) is 0 Å². The van der Waals surface area contributed by atoms with Crippen LogP contribution in [0.1, 0.15) is 176 Å². The first-order valence-electron chi connectivity index (χ1n) is 22.7. The molecule has 0 bridgehead atoms. The number of halogens is 2. The molecule has 0 spiro atoms. The van der Waals surface area contributed by atoms with Gasteiger partial charge in [-0.3, -0.25) is 0 Å². The molecule has 2 heterocycles. The van der Waals surface area contributed by atoms with Crippen LogP contribution in [-0.2, 0) is 15.0 Å². The van der Waals surface area contributed by atoms with Crippen molar-refractivity contribution >= 4 is 44.8 Å². The molecular formula is C56H64Cl2O2SiZr. The van der Waals surface area contributed by atoms with Crippen LogP contribution in [-0.4, -0.2) is 5.43 Å². The van der Waals surface area contributed by atoms with Crippen LogP contribution in [0.3, 0.4) is 0 Å². The van der Waals surface area contributed by atoms with Crippen molar-refractivity contribution in [3.05, 3.63) is 187 Å². The fraction of sp³-hybridized carbons (Fsp3) is 0.357. The number of benzene rings is 4. The van der Waals surface area contributed by atoms with Gasteiger partial charge in [0.05, 0.1) is 0 Å². The van der Waals surface area contributed by atoms with E-state index in [9.17, 15) is 17.0 Å². The molecular weight excluding hydrogens is 895 g/mol. The standard InChI is InChI=1S/2C27H29O.C2H6Si.2ClH.Zr/c2*1-16(2)21-12-22(17(3)4)14-23(13-21)27-24-11-18(5)7-9-20(24)15-25(27)26-10-8-19(6)28-26;1-3-2;;;/h2*7-17H,1-6H3;1-2H3;2*1H;/q;;;;;+2/p-2. The molecule has 0 saturated carbocycles. The third kappa shape index (κ3) is 7.51. The van der Waals surface area contributed by atoms with Crippen LogP contribution in [0.4, 0.5) is 0 Å². The number of hydrogen-bond donors (Lipinski definition) is 0. The van der Waals surface area contributed by atoms with Crippen molar-refractivity contribution in [2.24, 2.45) is 0 Å². The number of furan rings is 2. The first-order chi connectivity index (χ1) is 29.2. The molecule has 2 nitrogen and oxygen atoms in total. The van der Waals surface area contributed by atoms with Crippen LogP contribution in [0.2, 0.25) is 13.1 Å². The molecule has 0 amide bonds. The number of hydrogen-bond acceptors (Lipinski definition) is 2. The molecule has 8 rings (SSSR count). The Morgan fingerprint density at radius 2 is 0.806 bits per heavy atom. The van der Waals surface area contributed by atoms with Crippen molar-refractivity contribution in [1.29, 1.82) is 0 Å². The third-order valence-corrected chi connectivity index (χ3v) is 60.1. The zero-order valence-corrected chi connectivity index (χ0v) is 44.2. The van der Waals surface area contributed by atoms with Gasteiger partial charge in [-0.15, -0.1) is 0 Å². The van der Waals surface area contributed by atoms with Gasteiger partial charge in [0.15, 0.2) is 0 Å². The molecule has 62 heavy (non-hydrogen) atoms. The van der Waals surface area contributed by atoms with Crippen molar-refractivity contribution < 1.29 is 23.8 Å². The van der Waals surface area contributed by atoms with E-state index in [1.165, 1.54) is 77.9 Å². The average molecular weight is 959 g/mol. The van der Waals surface area contributed by atoms with Gasteiger partial charge in [-0.25, -0.2) is 0 Å². The fourth-order valence-corrected chi connectivity index (χ4v) is 37.7. The molecule has 6 heteroatoms. The predicted molar refractivity (Wildman–Crippen MR) is 265 cm³/mol. The zero-order valence-electron chi connectivity index (χ0n) is 39.3. The summed E-state index contributed by atoms with van der Waals surface area (Å²) in [4.78, 5) is 0. The van der Waals surface area contributed by atoms with Crippen molar-refractivity contribution in [2.45, 2.75) is 127 Å². The molecule has 2 unspecified atom stereocenters. The van der Waals surface area contributed by atoms with Crippen LogP contribution in [0.5, 0.6) is 0 Å². The quantitative estimate of drug-likeness (QED) is 0.128. The average Bonchev–Trinajstić information content (AvgIpc) is 4.00. The molecule has 322 valence electrons. The first-order valence-corrected chi connectivity index (χ1v) is 38.1. The third-order valence-electron chi connectivity index (χ3n) is 13.9. The van der Waals surface area contributed by atoms with Gasteiger partial charge in [0.1, 0.15) is 0 Å². The molecule has 6 aromatic rings. The summed E-state index contributed by atoms with van der Waals surface area (Å²) in [6.45, 7) is 31.6. The Bertz CT molecular complexity index is 2660. The molecule has 0 radical (unpaired) electrons. The summed E-state index contributed by atoms with van der Waals surface area (Å²) in [7, 11) is 18.6. The summed E-state index contributed by atoms with van der Waals surface area (Å²) >= 11 is -5.61. The fourth-order valence-electron chi connectivity index (χ4n) is 10.3. The van der Waals surface area contributed by atoms with Gasteiger partial charge in [-0.05, 0) is 0 Å². The normalized spacial score (nSPS) is 16.8. The molecule has 2 aromatic heterocycles. The Labute approximate surface area is 379 Å². The Morgan fingerprint density at radius 3 is 1.08 bits per heavy atom. The summed E-state index contributed by atoms with van der Waals surface area (Å²) in [6.07, 6.45) is 0. The summed E-state index contributed by atoms with van der Waals surface area (Å²) < 4.78 is 13.1. The molecule has 0 saturated heterocycles. The Hall–Kier alpha value is -3.40. The molecule has 2 aliphatic carbocycles. The van der Waals surface area contributed by atoms with Crippen molar-refractivity contribution in [1.82, 2.24) is 0 Å². The van der Waals surface area contributed by atoms with Gasteiger partial charge in [-0.2, -0.15) is 0 Å². The molecule has 2 atom stereocenters. The molecule has 0 aliphatic heterocycles. The second-order valence-electron chi connectivity index (χ2n) is 20.0. The minimum atomic E-state index is -5.61. The van der Waals surface area contributed by atoms with E-state index in [4.69, 9.17) is 8.83 Å². The summed E-state index contributed by atoms with van der Waals surface area (Å²) in [5.41, 5.74) is 18.2. The Balaban J connectivity index is 1.56. The van der Waals surface area contributed by atoms with Gasteiger partial charge in [0.25, 0.3) is 0 Å². The second kappa shape index (κ2) is 16.5. The van der Waals surface area contributed by atoms with Crippen LogP contribution in [0, 0.1) is 27.7 Å². The van der Waals surface area contributed by atoms with E-state index in [0.29, 0.717) is 23.7 Å². The van der Waals surface area contributed by atoms with E-state index in [2.05, 4.69) is 179 Å². The topological polar surface area (TPSA) is 26.3 Å². The van der Waals surface area contributed by atoms with Crippen LogP contribution < -0.4 is 0 Å². The van der Waals surface area contributed by atoms with E-state index in [-0.39, 0.29) is 7.25 Å². The van der Waals surface area contributed by atoms with Crippen molar-refractivity contribution in [3.63, 3.8) is 0 Å². The number of fused-ring (bicyclic) bond motifs is 2. The monoisotopic (exact) mass is 956 g/mol. The second-order valence-corrected chi connectivity index (χ2v) is 58.8. The minimum absolute atomic E-state index is 0.275. The first kappa shape index (κ1) is 45.2. The van der Waals surface area contributed by atoms with Crippen molar-refractivity contribution in [2.75, 3.05) is 0 Å².